The maximum absolute atomic E-state index is 12.4. The number of thiophene rings is 1. The van der Waals surface area contributed by atoms with Crippen molar-refractivity contribution in [1.82, 2.24) is 0 Å². The van der Waals surface area contributed by atoms with Gasteiger partial charge >= 0.3 is 0 Å². The average molecular weight is 374 g/mol. The van der Waals surface area contributed by atoms with Crippen molar-refractivity contribution in [2.24, 2.45) is 0 Å². The molecular formula is C13H12BrNO3S2. The molecule has 0 amide bonds. The highest BCUT2D eigenvalue weighted by molar-refractivity contribution is 9.11. The molecule has 7 heteroatoms. The number of ketones is 1. The van der Waals surface area contributed by atoms with Gasteiger partial charge in [-0.2, -0.15) is 0 Å². The number of aryl methyl sites for hydroxylation is 1. The van der Waals surface area contributed by atoms with E-state index in [0.29, 0.717) is 5.56 Å². The fourth-order valence-electron chi connectivity index (χ4n) is 1.79. The Kier molecular flexibility index (Phi) is 4.04. The standard InChI is InChI=1S/C13H12BrNO3S2/c1-7-11(6-12(14)19-7)13(16)8-3-9(15)5-10(4-8)20(2,17)18/h3-6H,15H2,1-2H3. The molecule has 20 heavy (non-hydrogen) atoms. The summed E-state index contributed by atoms with van der Waals surface area (Å²) in [5.41, 5.74) is 6.77. The van der Waals surface area contributed by atoms with Crippen molar-refractivity contribution in [3.8, 4) is 0 Å². The minimum atomic E-state index is -3.41. The van der Waals surface area contributed by atoms with Crippen LogP contribution in [0.3, 0.4) is 0 Å². The summed E-state index contributed by atoms with van der Waals surface area (Å²) in [7, 11) is -3.41. The van der Waals surface area contributed by atoms with E-state index in [1.807, 2.05) is 6.92 Å². The molecule has 0 radical (unpaired) electrons. The van der Waals surface area contributed by atoms with Gasteiger partial charge in [0, 0.05) is 27.9 Å². The van der Waals surface area contributed by atoms with Crippen LogP contribution in [-0.2, 0) is 9.84 Å². The van der Waals surface area contributed by atoms with E-state index < -0.39 is 9.84 Å². The topological polar surface area (TPSA) is 77.2 Å². The van der Waals surface area contributed by atoms with E-state index in [-0.39, 0.29) is 21.9 Å². The lowest BCUT2D eigenvalue weighted by Crippen LogP contribution is -2.06. The van der Waals surface area contributed by atoms with Crippen LogP contribution in [0, 0.1) is 6.92 Å². The Labute approximate surface area is 129 Å². The van der Waals surface area contributed by atoms with Crippen LogP contribution < -0.4 is 5.73 Å². The van der Waals surface area contributed by atoms with Crippen molar-refractivity contribution in [3.05, 3.63) is 44.1 Å². The van der Waals surface area contributed by atoms with E-state index in [1.54, 1.807) is 6.07 Å². The van der Waals surface area contributed by atoms with Crippen molar-refractivity contribution in [3.63, 3.8) is 0 Å². The van der Waals surface area contributed by atoms with Crippen LogP contribution in [0.25, 0.3) is 0 Å². The van der Waals surface area contributed by atoms with Crippen LogP contribution in [0.5, 0.6) is 0 Å². The zero-order valence-corrected chi connectivity index (χ0v) is 14.0. The Morgan fingerprint density at radius 1 is 1.25 bits per heavy atom. The smallest absolute Gasteiger partial charge is 0.194 e. The number of halogens is 1. The minimum absolute atomic E-state index is 0.0489. The summed E-state index contributed by atoms with van der Waals surface area (Å²) in [6.45, 7) is 1.84. The lowest BCUT2D eigenvalue weighted by molar-refractivity contribution is 0.103. The van der Waals surface area contributed by atoms with Gasteiger partial charge in [0.25, 0.3) is 0 Å². The highest BCUT2D eigenvalue weighted by atomic mass is 79.9. The third-order valence-electron chi connectivity index (χ3n) is 2.75. The quantitative estimate of drug-likeness (QED) is 0.662. The molecule has 1 heterocycles. The number of hydrogen-bond donors (Lipinski definition) is 1. The van der Waals surface area contributed by atoms with Gasteiger partial charge in [-0.15, -0.1) is 11.3 Å². The molecule has 0 bridgehead atoms. The van der Waals surface area contributed by atoms with E-state index >= 15 is 0 Å². The summed E-state index contributed by atoms with van der Waals surface area (Å²) >= 11 is 4.78. The second kappa shape index (κ2) is 5.31. The average Bonchev–Trinajstić information content (AvgIpc) is 2.65. The fourth-order valence-corrected chi connectivity index (χ4v) is 4.17. The number of rotatable bonds is 3. The second-order valence-electron chi connectivity index (χ2n) is 4.41. The SMILES string of the molecule is Cc1sc(Br)cc1C(=O)c1cc(N)cc(S(C)(=O)=O)c1. The predicted octanol–water partition coefficient (Wildman–Crippen LogP) is 3.04. The fraction of sp³-hybridized carbons (Fsp3) is 0.154. The molecule has 1 aromatic heterocycles. The first-order valence-electron chi connectivity index (χ1n) is 5.60. The van der Waals surface area contributed by atoms with Crippen LogP contribution in [0.2, 0.25) is 0 Å². The molecule has 2 rings (SSSR count). The summed E-state index contributed by atoms with van der Waals surface area (Å²) in [6, 6.07) is 5.93. The molecule has 0 aliphatic carbocycles. The highest BCUT2D eigenvalue weighted by Gasteiger charge is 2.18. The molecule has 0 saturated heterocycles. The molecule has 106 valence electrons. The van der Waals surface area contributed by atoms with E-state index in [2.05, 4.69) is 15.9 Å². The van der Waals surface area contributed by atoms with Crippen molar-refractivity contribution in [2.45, 2.75) is 11.8 Å². The molecule has 0 saturated carbocycles. The van der Waals surface area contributed by atoms with Crippen LogP contribution in [0.4, 0.5) is 5.69 Å². The third-order valence-corrected chi connectivity index (χ3v) is 5.40. The number of sulfone groups is 1. The highest BCUT2D eigenvalue weighted by Crippen LogP contribution is 2.29. The summed E-state index contributed by atoms with van der Waals surface area (Å²) < 4.78 is 24.0. The van der Waals surface area contributed by atoms with E-state index in [4.69, 9.17) is 5.73 Å². The maximum atomic E-state index is 12.4. The van der Waals surface area contributed by atoms with Gasteiger partial charge < -0.3 is 5.73 Å². The molecule has 0 aliphatic heterocycles. The largest absolute Gasteiger partial charge is 0.399 e. The first-order valence-corrected chi connectivity index (χ1v) is 9.10. The van der Waals surface area contributed by atoms with E-state index in [0.717, 1.165) is 14.9 Å². The van der Waals surface area contributed by atoms with Gasteiger partial charge in [0.05, 0.1) is 8.68 Å². The van der Waals surface area contributed by atoms with Gasteiger partial charge in [0.15, 0.2) is 15.6 Å². The first-order chi connectivity index (χ1) is 9.18. The lowest BCUT2D eigenvalue weighted by atomic mass is 10.0. The zero-order valence-electron chi connectivity index (χ0n) is 10.8. The molecule has 0 spiro atoms. The number of carbonyl (C=O) groups is 1. The van der Waals surface area contributed by atoms with Crippen molar-refractivity contribution >= 4 is 48.6 Å². The normalized spacial score (nSPS) is 11.6. The molecule has 4 nitrogen and oxygen atoms in total. The van der Waals surface area contributed by atoms with E-state index in [1.165, 1.54) is 29.5 Å². The van der Waals surface area contributed by atoms with Crippen LogP contribution in [-0.4, -0.2) is 20.5 Å². The van der Waals surface area contributed by atoms with Gasteiger partial charge in [-0.1, -0.05) is 0 Å². The van der Waals surface area contributed by atoms with Gasteiger partial charge in [-0.05, 0) is 47.1 Å². The monoisotopic (exact) mass is 373 g/mol. The Hall–Kier alpha value is -1.18. The van der Waals surface area contributed by atoms with Crippen molar-refractivity contribution < 1.29 is 13.2 Å². The lowest BCUT2D eigenvalue weighted by Gasteiger charge is -2.05. The Morgan fingerprint density at radius 3 is 2.40 bits per heavy atom. The van der Waals surface area contributed by atoms with E-state index in [9.17, 15) is 13.2 Å². The first kappa shape index (κ1) is 15.2. The summed E-state index contributed by atoms with van der Waals surface area (Å²) in [5.74, 6) is -0.235. The minimum Gasteiger partial charge on any atom is -0.399 e. The zero-order chi connectivity index (χ0) is 15.1. The van der Waals surface area contributed by atoms with Crippen molar-refractivity contribution in [2.75, 3.05) is 12.0 Å². The Morgan fingerprint density at radius 2 is 1.90 bits per heavy atom. The molecule has 2 N–H and O–H groups in total. The summed E-state index contributed by atoms with van der Waals surface area (Å²) in [6.07, 6.45) is 1.09. The van der Waals surface area contributed by atoms with Crippen LogP contribution >= 0.6 is 27.3 Å². The molecular weight excluding hydrogens is 362 g/mol. The molecule has 0 atom stereocenters. The van der Waals surface area contributed by atoms with Gasteiger partial charge in [0.2, 0.25) is 0 Å². The van der Waals surface area contributed by atoms with Crippen LogP contribution in [0.15, 0.2) is 32.9 Å². The number of anilines is 1. The molecule has 0 aliphatic rings. The van der Waals surface area contributed by atoms with Crippen LogP contribution in [0.1, 0.15) is 20.8 Å². The number of nitrogen functional groups attached to an aromatic ring is 1. The summed E-state index contributed by atoms with van der Waals surface area (Å²) in [5, 5.41) is 0. The molecule has 2 aromatic rings. The number of benzene rings is 1. The number of nitrogens with two attached hydrogens (primary N) is 1. The van der Waals surface area contributed by atoms with Gasteiger partial charge in [-0.3, -0.25) is 4.79 Å². The maximum Gasteiger partial charge on any atom is 0.194 e. The predicted molar refractivity (Wildman–Crippen MR) is 84.2 cm³/mol. The molecule has 0 unspecified atom stereocenters. The number of carbonyl (C=O) groups excluding carboxylic acids is 1. The molecule has 1 aromatic carbocycles. The van der Waals surface area contributed by atoms with Crippen molar-refractivity contribution in [1.29, 1.82) is 0 Å². The Bertz CT molecular complexity index is 794. The number of hydrogen-bond acceptors (Lipinski definition) is 5. The molecule has 0 fully saturated rings. The second-order valence-corrected chi connectivity index (χ2v) is 9.06. The summed E-state index contributed by atoms with van der Waals surface area (Å²) in [4.78, 5) is 13.4. The Balaban J connectivity index is 2.56. The van der Waals surface area contributed by atoms with Gasteiger partial charge in [0.1, 0.15) is 0 Å². The third kappa shape index (κ3) is 3.11. The van der Waals surface area contributed by atoms with Gasteiger partial charge in [-0.25, -0.2) is 8.42 Å².